The number of piperazine rings is 1. The zero-order chi connectivity index (χ0) is 28.6. The van der Waals surface area contributed by atoms with Crippen molar-refractivity contribution < 1.29 is 23.5 Å². The fraction of sp³-hybridized carbons (Fsp3) is 0.300. The van der Waals surface area contributed by atoms with Crippen LogP contribution in [0.3, 0.4) is 0 Å². The Bertz CT molecular complexity index is 1320. The lowest BCUT2D eigenvalue weighted by Crippen LogP contribution is -2.50. The highest BCUT2D eigenvalue weighted by molar-refractivity contribution is 5.99. The molecule has 210 valence electrons. The van der Waals surface area contributed by atoms with Crippen molar-refractivity contribution in [2.75, 3.05) is 55.4 Å². The highest BCUT2D eigenvalue weighted by atomic mass is 19.1. The molecule has 4 rings (SSSR count). The molecule has 0 radical (unpaired) electrons. The first-order valence-electron chi connectivity index (χ1n) is 13.2. The Balaban J connectivity index is 1.28. The van der Waals surface area contributed by atoms with E-state index in [9.17, 15) is 18.8 Å². The van der Waals surface area contributed by atoms with Crippen LogP contribution in [-0.4, -0.2) is 73.5 Å². The number of hydrogen-bond acceptors (Lipinski definition) is 5. The zero-order valence-corrected chi connectivity index (χ0v) is 22.9. The van der Waals surface area contributed by atoms with Crippen LogP contribution in [-0.2, 0) is 4.79 Å². The average Bonchev–Trinajstić information content (AvgIpc) is 2.97. The van der Waals surface area contributed by atoms with E-state index < -0.39 is 5.82 Å². The van der Waals surface area contributed by atoms with E-state index in [4.69, 9.17) is 4.74 Å². The molecule has 1 aliphatic heterocycles. The highest BCUT2D eigenvalue weighted by Crippen LogP contribution is 2.21. The van der Waals surface area contributed by atoms with Crippen molar-refractivity contribution in [1.82, 2.24) is 9.80 Å². The molecule has 1 heterocycles. The lowest BCUT2D eigenvalue weighted by Gasteiger charge is -2.36. The van der Waals surface area contributed by atoms with Crippen LogP contribution in [0.4, 0.5) is 26.2 Å². The molecule has 0 aromatic heterocycles. The summed E-state index contributed by atoms with van der Waals surface area (Å²) >= 11 is 0. The number of carbonyl (C=O) groups excluding carboxylic acids is 3. The van der Waals surface area contributed by atoms with Crippen LogP contribution in [0.25, 0.3) is 0 Å². The third-order valence-electron chi connectivity index (χ3n) is 6.73. The van der Waals surface area contributed by atoms with E-state index in [0.717, 1.165) is 5.69 Å². The molecule has 1 saturated heterocycles. The summed E-state index contributed by atoms with van der Waals surface area (Å²) in [5.41, 5.74) is 2.23. The predicted molar refractivity (Wildman–Crippen MR) is 153 cm³/mol. The number of amides is 4. The van der Waals surface area contributed by atoms with E-state index in [1.165, 1.54) is 17.0 Å². The summed E-state index contributed by atoms with van der Waals surface area (Å²) < 4.78 is 19.0. The van der Waals surface area contributed by atoms with Crippen molar-refractivity contribution in [3.05, 3.63) is 84.2 Å². The molecule has 2 N–H and O–H groups in total. The van der Waals surface area contributed by atoms with Gasteiger partial charge in [-0.3, -0.25) is 9.59 Å². The summed E-state index contributed by atoms with van der Waals surface area (Å²) in [6.07, 6.45) is 0. The first kappa shape index (κ1) is 28.4. The van der Waals surface area contributed by atoms with Crippen molar-refractivity contribution in [1.29, 1.82) is 0 Å². The molecule has 3 aromatic rings. The topological polar surface area (TPSA) is 94.2 Å². The molecule has 0 aliphatic carbocycles. The molecule has 10 heteroatoms. The number of hydrogen-bond donors (Lipinski definition) is 2. The maximum atomic E-state index is 13.9. The van der Waals surface area contributed by atoms with Gasteiger partial charge in [0.15, 0.2) is 0 Å². The van der Waals surface area contributed by atoms with Crippen molar-refractivity contribution in [3.8, 4) is 5.75 Å². The Morgan fingerprint density at radius 2 is 1.55 bits per heavy atom. The van der Waals surface area contributed by atoms with Crippen LogP contribution < -0.4 is 20.3 Å². The number of carbonyl (C=O) groups is 3. The molecule has 3 aromatic carbocycles. The van der Waals surface area contributed by atoms with E-state index in [2.05, 4.69) is 15.5 Å². The maximum Gasteiger partial charge on any atom is 0.322 e. The molecule has 0 spiro atoms. The molecule has 1 fully saturated rings. The molecule has 1 aliphatic rings. The number of halogens is 1. The van der Waals surface area contributed by atoms with E-state index in [0.29, 0.717) is 43.2 Å². The monoisotopic (exact) mass is 547 g/mol. The van der Waals surface area contributed by atoms with Crippen LogP contribution in [0.15, 0.2) is 72.8 Å². The SMILES string of the molecule is COc1ccc(C(=O)N(CC(=O)Nc2ccc(N3CCN(C(=O)Nc4ccccc4F)CC3)cc2)C(C)C)cc1. The Morgan fingerprint density at radius 1 is 0.900 bits per heavy atom. The van der Waals surface area contributed by atoms with E-state index >= 15 is 0 Å². The van der Waals surface area contributed by atoms with Gasteiger partial charge in [0.1, 0.15) is 18.1 Å². The van der Waals surface area contributed by atoms with E-state index in [1.54, 1.807) is 48.4 Å². The lowest BCUT2D eigenvalue weighted by atomic mass is 10.1. The summed E-state index contributed by atoms with van der Waals surface area (Å²) in [6.45, 7) is 5.87. The smallest absolute Gasteiger partial charge is 0.322 e. The van der Waals surface area contributed by atoms with Gasteiger partial charge in [-0.25, -0.2) is 9.18 Å². The number of methoxy groups -OCH3 is 1. The molecule has 0 atom stereocenters. The molecule has 40 heavy (non-hydrogen) atoms. The van der Waals surface area contributed by atoms with E-state index in [1.807, 2.05) is 38.1 Å². The number of nitrogens with one attached hydrogen (secondary N) is 2. The van der Waals surface area contributed by atoms with E-state index in [-0.39, 0.29) is 36.1 Å². The molecule has 0 unspecified atom stereocenters. The number of urea groups is 1. The molecular weight excluding hydrogens is 513 g/mol. The number of para-hydroxylation sites is 1. The minimum Gasteiger partial charge on any atom is -0.497 e. The minimum absolute atomic E-state index is 0.0822. The molecule has 0 saturated carbocycles. The Labute approximate surface area is 233 Å². The van der Waals surface area contributed by atoms with Gasteiger partial charge in [0, 0.05) is 49.2 Å². The van der Waals surface area contributed by atoms with Gasteiger partial charge in [0.2, 0.25) is 5.91 Å². The molecule has 9 nitrogen and oxygen atoms in total. The lowest BCUT2D eigenvalue weighted by molar-refractivity contribution is -0.117. The fourth-order valence-corrected chi connectivity index (χ4v) is 4.42. The van der Waals surface area contributed by atoms with Crippen LogP contribution in [0.1, 0.15) is 24.2 Å². The summed E-state index contributed by atoms with van der Waals surface area (Å²) in [7, 11) is 1.56. The van der Waals surface area contributed by atoms with Gasteiger partial charge in [-0.05, 0) is 74.5 Å². The number of ether oxygens (including phenoxy) is 1. The first-order chi connectivity index (χ1) is 19.2. The quantitative estimate of drug-likeness (QED) is 0.427. The van der Waals surface area contributed by atoms with Gasteiger partial charge in [-0.1, -0.05) is 12.1 Å². The third kappa shape index (κ3) is 7.07. The zero-order valence-electron chi connectivity index (χ0n) is 22.9. The van der Waals surface area contributed by atoms with Gasteiger partial charge >= 0.3 is 6.03 Å². The van der Waals surface area contributed by atoms with Crippen molar-refractivity contribution in [3.63, 3.8) is 0 Å². The Kier molecular flexibility index (Phi) is 9.21. The third-order valence-corrected chi connectivity index (χ3v) is 6.73. The average molecular weight is 548 g/mol. The predicted octanol–water partition coefficient (Wildman–Crippen LogP) is 4.68. The van der Waals surface area contributed by atoms with Crippen molar-refractivity contribution >= 4 is 34.9 Å². The van der Waals surface area contributed by atoms with Crippen molar-refractivity contribution in [2.24, 2.45) is 0 Å². The first-order valence-corrected chi connectivity index (χ1v) is 13.2. The Morgan fingerprint density at radius 3 is 2.15 bits per heavy atom. The molecular formula is C30H34FN5O4. The number of nitrogens with zero attached hydrogens (tertiary/aromatic N) is 3. The summed E-state index contributed by atoms with van der Waals surface area (Å²) in [4.78, 5) is 43.7. The largest absolute Gasteiger partial charge is 0.497 e. The number of rotatable bonds is 8. The van der Waals surface area contributed by atoms with Crippen LogP contribution in [0.5, 0.6) is 5.75 Å². The van der Waals surface area contributed by atoms with Gasteiger partial charge in [0.25, 0.3) is 5.91 Å². The Hall–Kier alpha value is -4.60. The summed E-state index contributed by atoms with van der Waals surface area (Å²) in [5.74, 6) is -0.342. The van der Waals surface area contributed by atoms with Gasteiger partial charge in [-0.2, -0.15) is 0 Å². The van der Waals surface area contributed by atoms with Crippen molar-refractivity contribution in [2.45, 2.75) is 19.9 Å². The second-order valence-corrected chi connectivity index (χ2v) is 9.73. The second-order valence-electron chi connectivity index (χ2n) is 9.73. The minimum atomic E-state index is -0.470. The molecule has 0 bridgehead atoms. The summed E-state index contributed by atoms with van der Waals surface area (Å²) in [6, 6.07) is 19.8. The van der Waals surface area contributed by atoms with Gasteiger partial charge in [-0.15, -0.1) is 0 Å². The number of benzene rings is 3. The van der Waals surface area contributed by atoms with Gasteiger partial charge < -0.3 is 30.1 Å². The fourth-order valence-electron chi connectivity index (χ4n) is 4.42. The maximum absolute atomic E-state index is 13.9. The second kappa shape index (κ2) is 13.0. The molecule has 4 amide bonds. The highest BCUT2D eigenvalue weighted by Gasteiger charge is 2.23. The van der Waals surface area contributed by atoms with Crippen LogP contribution in [0.2, 0.25) is 0 Å². The normalized spacial score (nSPS) is 13.1. The summed E-state index contributed by atoms with van der Waals surface area (Å²) in [5, 5.41) is 5.49. The number of anilines is 3. The van der Waals surface area contributed by atoms with Gasteiger partial charge in [0.05, 0.1) is 12.8 Å². The van der Waals surface area contributed by atoms with Crippen LogP contribution >= 0.6 is 0 Å². The van der Waals surface area contributed by atoms with Crippen LogP contribution in [0, 0.1) is 5.82 Å². The standard InChI is InChI=1S/C30H34FN5O4/c1-21(2)36(29(38)22-8-14-25(40-3)15-9-22)20-28(37)32-23-10-12-24(13-11-23)34-16-18-35(19-17-34)30(39)33-27-7-5-4-6-26(27)31/h4-15,21H,16-20H2,1-3H3,(H,32,37)(H,33,39).